The monoisotopic (exact) mass is 389 g/mol. The largest absolute Gasteiger partial charge is 0.468 e. The molecular weight excluding hydrogens is 366 g/mol. The van der Waals surface area contributed by atoms with Crippen molar-refractivity contribution in [3.8, 4) is 0 Å². The number of carbonyl (C=O) groups is 1. The number of esters is 1. The number of hydrogen-bond donors (Lipinski definition) is 1. The Hall–Kier alpha value is -1.35. The van der Waals surface area contributed by atoms with Gasteiger partial charge in [0, 0.05) is 36.9 Å². The van der Waals surface area contributed by atoms with Gasteiger partial charge < -0.3 is 9.64 Å². The minimum atomic E-state index is -3.76. The van der Waals surface area contributed by atoms with Crippen molar-refractivity contribution in [3.05, 3.63) is 29.3 Å². The van der Waals surface area contributed by atoms with Crippen LogP contribution in [0.2, 0.25) is 5.02 Å². The van der Waals surface area contributed by atoms with Crippen molar-refractivity contribution in [1.29, 1.82) is 0 Å². The lowest BCUT2D eigenvalue weighted by atomic mass is 10.1. The van der Waals surface area contributed by atoms with Crippen molar-refractivity contribution >= 4 is 33.5 Å². The molecule has 0 unspecified atom stereocenters. The zero-order valence-electron chi connectivity index (χ0n) is 14.6. The quantitative estimate of drug-likeness (QED) is 0.746. The molecule has 0 aliphatic carbocycles. The lowest BCUT2D eigenvalue weighted by molar-refractivity contribution is -0.143. The van der Waals surface area contributed by atoms with Gasteiger partial charge in [0.05, 0.1) is 7.11 Å². The van der Waals surface area contributed by atoms with Crippen molar-refractivity contribution in [1.82, 2.24) is 9.03 Å². The molecule has 1 N–H and O–H groups in total. The second-order valence-corrected chi connectivity index (χ2v) is 8.37. The van der Waals surface area contributed by atoms with Gasteiger partial charge in [0.1, 0.15) is 6.04 Å². The summed E-state index contributed by atoms with van der Waals surface area (Å²) in [5, 5.41) is 0.664. The van der Waals surface area contributed by atoms with Gasteiger partial charge >= 0.3 is 5.97 Å². The maximum Gasteiger partial charge on any atom is 0.324 e. The van der Waals surface area contributed by atoms with Gasteiger partial charge in [-0.1, -0.05) is 25.4 Å². The van der Waals surface area contributed by atoms with Gasteiger partial charge in [0.15, 0.2) is 0 Å². The predicted molar refractivity (Wildman–Crippen MR) is 97.9 cm³/mol. The molecule has 25 heavy (non-hydrogen) atoms. The van der Waals surface area contributed by atoms with E-state index in [2.05, 4.69) is 14.4 Å². The number of piperazine rings is 1. The topological polar surface area (TPSA) is 78.9 Å². The summed E-state index contributed by atoms with van der Waals surface area (Å²) in [4.78, 5) is 13.9. The van der Waals surface area contributed by atoms with E-state index in [1.807, 2.05) is 24.3 Å². The molecular formula is C16H24ClN3O4S. The van der Waals surface area contributed by atoms with Crippen LogP contribution in [-0.4, -0.2) is 58.0 Å². The number of nitrogens with zero attached hydrogens (tertiary/aromatic N) is 2. The highest BCUT2D eigenvalue weighted by atomic mass is 35.5. The Bertz CT molecular complexity index is 686. The molecule has 0 saturated carbocycles. The van der Waals surface area contributed by atoms with Crippen LogP contribution >= 0.6 is 11.6 Å². The summed E-state index contributed by atoms with van der Waals surface area (Å²) in [7, 11) is -2.51. The lowest BCUT2D eigenvalue weighted by Crippen LogP contribution is -2.56. The highest BCUT2D eigenvalue weighted by Crippen LogP contribution is 2.20. The van der Waals surface area contributed by atoms with Gasteiger partial charge in [-0.3, -0.25) is 4.79 Å². The predicted octanol–water partition coefficient (Wildman–Crippen LogP) is 1.49. The Morgan fingerprint density at radius 2 is 1.72 bits per heavy atom. The molecule has 0 bridgehead atoms. The number of halogens is 1. The average molecular weight is 390 g/mol. The van der Waals surface area contributed by atoms with Crippen LogP contribution in [0.15, 0.2) is 24.3 Å². The van der Waals surface area contributed by atoms with E-state index < -0.39 is 22.2 Å². The molecule has 2 rings (SSSR count). The third-order valence-electron chi connectivity index (χ3n) is 4.17. The van der Waals surface area contributed by atoms with E-state index in [1.165, 1.54) is 11.4 Å². The maximum atomic E-state index is 12.6. The third-order valence-corrected chi connectivity index (χ3v) is 6.02. The highest BCUT2D eigenvalue weighted by Gasteiger charge is 2.33. The first-order valence-corrected chi connectivity index (χ1v) is 9.92. The summed E-state index contributed by atoms with van der Waals surface area (Å²) in [6.07, 6.45) is 0. The number of rotatable bonds is 6. The Morgan fingerprint density at radius 3 is 2.20 bits per heavy atom. The second-order valence-electron chi connectivity index (χ2n) is 6.23. The Kier molecular flexibility index (Phi) is 6.67. The fourth-order valence-electron chi connectivity index (χ4n) is 2.66. The number of nitrogens with one attached hydrogen (secondary N) is 1. The SMILES string of the molecule is COC(=O)[C@H](NS(=O)(=O)N1CCN(c2ccc(Cl)cc2)CC1)C(C)C. The molecule has 1 saturated heterocycles. The first kappa shape index (κ1) is 20.0. The lowest BCUT2D eigenvalue weighted by Gasteiger charge is -2.36. The van der Waals surface area contributed by atoms with Crippen LogP contribution in [0.25, 0.3) is 0 Å². The van der Waals surface area contributed by atoms with Crippen LogP contribution in [0.3, 0.4) is 0 Å². The zero-order valence-corrected chi connectivity index (χ0v) is 16.2. The van der Waals surface area contributed by atoms with Gasteiger partial charge in [-0.25, -0.2) is 0 Å². The molecule has 1 aliphatic heterocycles. The summed E-state index contributed by atoms with van der Waals surface area (Å²) >= 11 is 5.89. The number of anilines is 1. The highest BCUT2D eigenvalue weighted by molar-refractivity contribution is 7.87. The number of methoxy groups -OCH3 is 1. The molecule has 1 aromatic rings. The van der Waals surface area contributed by atoms with Crippen molar-refractivity contribution in [3.63, 3.8) is 0 Å². The molecule has 1 fully saturated rings. The van der Waals surface area contributed by atoms with Crippen molar-refractivity contribution in [2.75, 3.05) is 38.2 Å². The van der Waals surface area contributed by atoms with Gasteiger partial charge in [0.25, 0.3) is 10.2 Å². The first-order valence-electron chi connectivity index (χ1n) is 8.10. The van der Waals surface area contributed by atoms with E-state index >= 15 is 0 Å². The van der Waals surface area contributed by atoms with Gasteiger partial charge in [-0.2, -0.15) is 17.4 Å². The standard InChI is InChI=1S/C16H24ClN3O4S/c1-12(2)15(16(21)24-3)18-25(22,23)20-10-8-19(9-11-20)14-6-4-13(17)5-7-14/h4-7,12,15,18H,8-11H2,1-3H3/t15-/m1/s1. The van der Waals surface area contributed by atoms with Crippen molar-refractivity contribution in [2.24, 2.45) is 5.92 Å². The summed E-state index contributed by atoms with van der Waals surface area (Å²) in [5.41, 5.74) is 1.00. The molecule has 1 atom stereocenters. The molecule has 0 aromatic heterocycles. The Morgan fingerprint density at radius 1 is 1.16 bits per heavy atom. The van der Waals surface area contributed by atoms with E-state index in [4.69, 9.17) is 11.6 Å². The van der Waals surface area contributed by atoms with E-state index in [0.717, 1.165) is 5.69 Å². The van der Waals surface area contributed by atoms with Gasteiger partial charge in [-0.15, -0.1) is 0 Å². The molecule has 9 heteroatoms. The number of hydrogen-bond acceptors (Lipinski definition) is 5. The summed E-state index contributed by atoms with van der Waals surface area (Å²) in [5.74, 6) is -0.795. The minimum absolute atomic E-state index is 0.211. The molecule has 0 spiro atoms. The Labute approximate surface area is 154 Å². The third kappa shape index (κ3) is 5.07. The number of benzene rings is 1. The molecule has 140 valence electrons. The minimum Gasteiger partial charge on any atom is -0.468 e. The van der Waals surface area contributed by atoms with E-state index in [0.29, 0.717) is 31.2 Å². The molecule has 0 amide bonds. The first-order chi connectivity index (χ1) is 11.7. The average Bonchev–Trinajstić information content (AvgIpc) is 2.59. The van der Waals surface area contributed by atoms with Gasteiger partial charge in [-0.05, 0) is 30.2 Å². The fraction of sp³-hybridized carbons (Fsp3) is 0.562. The van der Waals surface area contributed by atoms with Crippen LogP contribution < -0.4 is 9.62 Å². The molecule has 1 aromatic carbocycles. The molecule has 1 aliphatic rings. The second kappa shape index (κ2) is 8.35. The van der Waals surface area contributed by atoms with Gasteiger partial charge in [0.2, 0.25) is 0 Å². The van der Waals surface area contributed by atoms with E-state index in [-0.39, 0.29) is 5.92 Å². The van der Waals surface area contributed by atoms with Crippen LogP contribution in [-0.2, 0) is 19.7 Å². The number of carbonyl (C=O) groups excluding carboxylic acids is 1. The van der Waals surface area contributed by atoms with E-state index in [1.54, 1.807) is 13.8 Å². The van der Waals surface area contributed by atoms with E-state index in [9.17, 15) is 13.2 Å². The summed E-state index contributed by atoms with van der Waals surface area (Å²) in [6, 6.07) is 6.55. The zero-order chi connectivity index (χ0) is 18.6. The van der Waals surface area contributed by atoms with Crippen LogP contribution in [0.1, 0.15) is 13.8 Å². The summed E-state index contributed by atoms with van der Waals surface area (Å²) < 4.78 is 33.7. The van der Waals surface area contributed by atoms with Crippen molar-refractivity contribution in [2.45, 2.75) is 19.9 Å². The fourth-order valence-corrected chi connectivity index (χ4v) is 4.27. The molecule has 0 radical (unpaired) electrons. The smallest absolute Gasteiger partial charge is 0.324 e. The maximum absolute atomic E-state index is 12.6. The molecule has 7 nitrogen and oxygen atoms in total. The van der Waals surface area contributed by atoms with Crippen LogP contribution in [0, 0.1) is 5.92 Å². The van der Waals surface area contributed by atoms with Crippen molar-refractivity contribution < 1.29 is 17.9 Å². The normalized spacial score (nSPS) is 17.6. The number of ether oxygens (including phenoxy) is 1. The van der Waals surface area contributed by atoms with Crippen LogP contribution in [0.4, 0.5) is 5.69 Å². The van der Waals surface area contributed by atoms with Crippen LogP contribution in [0.5, 0.6) is 0 Å². The Balaban J connectivity index is 2.00. The molecule has 1 heterocycles. The summed E-state index contributed by atoms with van der Waals surface area (Å²) in [6.45, 7) is 5.33.